The molecule has 0 aliphatic carbocycles. The molecular weight excluding hydrogens is 1110 g/mol. The van der Waals surface area contributed by atoms with E-state index in [1.54, 1.807) is 0 Å². The second-order valence-electron chi connectivity index (χ2n) is 26.3. The molecule has 2 unspecified atom stereocenters. The lowest BCUT2D eigenvalue weighted by Gasteiger charge is -2.28. The van der Waals surface area contributed by atoms with Gasteiger partial charge in [0.25, 0.3) is 7.82 Å². The maximum Gasteiger partial charge on any atom is 0.306 e. The number of nitrogens with zero attached hydrogens (tertiary/aromatic N) is 1. The van der Waals surface area contributed by atoms with Gasteiger partial charge in [-0.15, -0.1) is 0 Å². The zero-order valence-corrected chi connectivity index (χ0v) is 59.3. The molecule has 2 atom stereocenters. The zero-order valence-electron chi connectivity index (χ0n) is 58.4. The van der Waals surface area contributed by atoms with Crippen molar-refractivity contribution in [3.63, 3.8) is 0 Å². The lowest BCUT2D eigenvalue weighted by molar-refractivity contribution is -0.870. The van der Waals surface area contributed by atoms with Crippen molar-refractivity contribution in [2.45, 2.75) is 354 Å². The van der Waals surface area contributed by atoms with Gasteiger partial charge >= 0.3 is 11.9 Å². The summed E-state index contributed by atoms with van der Waals surface area (Å²) in [6, 6.07) is 0. The maximum absolute atomic E-state index is 12.9. The van der Waals surface area contributed by atoms with E-state index in [2.05, 4.69) is 98.9 Å². The summed E-state index contributed by atoms with van der Waals surface area (Å²) in [4.78, 5) is 38.1. The van der Waals surface area contributed by atoms with Crippen LogP contribution in [-0.2, 0) is 32.7 Å². The molecule has 0 aliphatic heterocycles. The molecule has 0 bridgehead atoms. The van der Waals surface area contributed by atoms with Gasteiger partial charge in [-0.2, -0.15) is 0 Å². The van der Waals surface area contributed by atoms with Crippen molar-refractivity contribution in [3.05, 3.63) is 85.1 Å². The topological polar surface area (TPSA) is 111 Å². The van der Waals surface area contributed by atoms with Crippen LogP contribution in [0.2, 0.25) is 0 Å². The van der Waals surface area contributed by atoms with Crippen LogP contribution in [0.5, 0.6) is 0 Å². The monoisotopic (exact) mass is 1250 g/mol. The first-order valence-electron chi connectivity index (χ1n) is 37.3. The van der Waals surface area contributed by atoms with Crippen LogP contribution in [0.4, 0.5) is 0 Å². The van der Waals surface area contributed by atoms with Crippen LogP contribution in [0.1, 0.15) is 348 Å². The largest absolute Gasteiger partial charge is 0.756 e. The lowest BCUT2D eigenvalue weighted by Crippen LogP contribution is -2.37. The number of quaternary nitrogens is 1. The molecule has 0 aliphatic rings. The van der Waals surface area contributed by atoms with Crippen molar-refractivity contribution >= 4 is 19.8 Å². The third-order valence-electron chi connectivity index (χ3n) is 16.4. The Morgan fingerprint density at radius 3 is 0.977 bits per heavy atom. The minimum atomic E-state index is -4.65. The summed E-state index contributed by atoms with van der Waals surface area (Å²) in [5.74, 6) is -0.832. The van der Waals surface area contributed by atoms with Crippen LogP contribution in [0.25, 0.3) is 0 Å². The number of rotatable bonds is 69. The minimum Gasteiger partial charge on any atom is -0.756 e. The third-order valence-corrected chi connectivity index (χ3v) is 17.4. The van der Waals surface area contributed by atoms with E-state index < -0.39 is 26.5 Å². The second-order valence-corrected chi connectivity index (χ2v) is 27.7. The number of esters is 2. The quantitative estimate of drug-likeness (QED) is 0.0195. The molecule has 0 rings (SSSR count). The Morgan fingerprint density at radius 1 is 0.364 bits per heavy atom. The molecule has 0 amide bonds. The summed E-state index contributed by atoms with van der Waals surface area (Å²) in [6.07, 6.45) is 94.0. The Balaban J connectivity index is 3.97. The molecule has 0 N–H and O–H groups in total. The Labute approximate surface area is 545 Å². The zero-order chi connectivity index (χ0) is 64.1. The lowest BCUT2D eigenvalue weighted by atomic mass is 10.0. The van der Waals surface area contributed by atoms with Crippen molar-refractivity contribution < 1.29 is 42.1 Å². The summed E-state index contributed by atoms with van der Waals surface area (Å²) >= 11 is 0. The molecule has 0 saturated carbocycles. The molecule has 0 aromatic rings. The Bertz CT molecular complexity index is 1760. The average molecular weight is 1250 g/mol. The van der Waals surface area contributed by atoms with Gasteiger partial charge in [-0.25, -0.2) is 0 Å². The number of hydrogen-bond acceptors (Lipinski definition) is 8. The van der Waals surface area contributed by atoms with Gasteiger partial charge in [0.05, 0.1) is 27.7 Å². The third kappa shape index (κ3) is 72.3. The molecule has 512 valence electrons. The highest BCUT2D eigenvalue weighted by molar-refractivity contribution is 7.45. The first-order valence-corrected chi connectivity index (χ1v) is 38.8. The molecule has 0 saturated heterocycles. The van der Waals surface area contributed by atoms with Crippen LogP contribution in [0, 0.1) is 0 Å². The van der Waals surface area contributed by atoms with E-state index in [9.17, 15) is 19.0 Å². The van der Waals surface area contributed by atoms with E-state index in [1.807, 2.05) is 21.1 Å². The SMILES string of the molecule is CC/C=C\C/C=C\C/C=C\C/C=C\C/C=C\C/C=C\CCCCCCCCCCC(=O)OC(COC(=O)CCCCCCCCCCCCCCCCCCCCCCCCCCC/C=C\CCCCCCCCCC)COP(=O)([O-])OCC[N+](C)(C)C. The first kappa shape index (κ1) is 85.2. The van der Waals surface area contributed by atoms with Crippen LogP contribution in [0.3, 0.4) is 0 Å². The van der Waals surface area contributed by atoms with Crippen LogP contribution in [0.15, 0.2) is 85.1 Å². The molecule has 9 nitrogen and oxygen atoms in total. The molecule has 0 spiro atoms. The molecule has 10 heteroatoms. The van der Waals surface area contributed by atoms with Crippen LogP contribution >= 0.6 is 7.82 Å². The minimum absolute atomic E-state index is 0.0346. The van der Waals surface area contributed by atoms with Crippen molar-refractivity contribution in [2.75, 3.05) is 47.5 Å². The fourth-order valence-electron chi connectivity index (χ4n) is 10.7. The van der Waals surface area contributed by atoms with Crippen molar-refractivity contribution in [3.8, 4) is 0 Å². The number of phosphoric ester groups is 1. The van der Waals surface area contributed by atoms with E-state index in [-0.39, 0.29) is 32.0 Å². The molecular formula is C78H142NO8P. The normalized spacial score (nSPS) is 13.6. The van der Waals surface area contributed by atoms with Gasteiger partial charge in [-0.3, -0.25) is 14.2 Å². The molecule has 0 fully saturated rings. The number of hydrogen-bond donors (Lipinski definition) is 0. The summed E-state index contributed by atoms with van der Waals surface area (Å²) in [7, 11) is 1.16. The average Bonchev–Trinajstić information content (AvgIpc) is 3.60. The Hall–Kier alpha value is -2.81. The van der Waals surface area contributed by atoms with Gasteiger partial charge in [0.1, 0.15) is 19.8 Å². The molecule has 0 radical (unpaired) electrons. The fourth-order valence-corrected chi connectivity index (χ4v) is 11.4. The van der Waals surface area contributed by atoms with Crippen LogP contribution in [-0.4, -0.2) is 70.0 Å². The van der Waals surface area contributed by atoms with E-state index in [0.717, 1.165) is 83.5 Å². The van der Waals surface area contributed by atoms with E-state index in [0.29, 0.717) is 17.4 Å². The van der Waals surface area contributed by atoms with Gasteiger partial charge < -0.3 is 27.9 Å². The first-order chi connectivity index (χ1) is 43.0. The van der Waals surface area contributed by atoms with Crippen LogP contribution < -0.4 is 4.89 Å². The van der Waals surface area contributed by atoms with Crippen molar-refractivity contribution in [1.82, 2.24) is 0 Å². The number of allylic oxidation sites excluding steroid dienone is 14. The second kappa shape index (κ2) is 68.6. The molecule has 0 aromatic heterocycles. The summed E-state index contributed by atoms with van der Waals surface area (Å²) in [6.45, 7) is 4.16. The van der Waals surface area contributed by atoms with Gasteiger partial charge in [-0.05, 0) is 89.9 Å². The number of ether oxygens (including phenoxy) is 2. The summed E-state index contributed by atoms with van der Waals surface area (Å²) < 4.78 is 34.3. The van der Waals surface area contributed by atoms with Gasteiger partial charge in [0.2, 0.25) is 0 Å². The maximum atomic E-state index is 12.9. The Morgan fingerprint density at radius 2 is 0.648 bits per heavy atom. The standard InChI is InChI=1S/C78H142NO8P/c1-6-8-10-12-14-16-18-20-22-24-26-28-30-32-34-35-36-37-38-39-40-41-42-43-45-46-48-50-52-54-56-58-60-62-64-66-68-70-77(80)84-74-76(75-86-88(82,83)85-73-72-79(3,4)5)87-78(81)71-69-67-65-63-61-59-57-55-53-51-49-47-44-33-31-29-27-25-23-21-19-17-15-13-11-9-7-2/h9,11,15,17,21,23-24,26-27,29,33,44,49,51,76H,6-8,10,12-14,16,18-20,22,25,28,30-32,34-43,45-48,50,52-75H2,1-5H3/b11-9-,17-15-,23-21-,26-24-,29-27-,44-33-,51-49-. The van der Waals surface area contributed by atoms with E-state index >= 15 is 0 Å². The molecule has 0 aromatic carbocycles. The summed E-state index contributed by atoms with van der Waals surface area (Å²) in [5, 5.41) is 0. The molecule has 88 heavy (non-hydrogen) atoms. The fraction of sp³-hybridized carbons (Fsp3) is 0.795. The number of likely N-dealkylation sites (N-methyl/N-ethyl adjacent to an activating group) is 1. The number of phosphoric acid groups is 1. The van der Waals surface area contributed by atoms with Gasteiger partial charge in [-0.1, -0.05) is 330 Å². The predicted octanol–water partition coefficient (Wildman–Crippen LogP) is 23.9. The van der Waals surface area contributed by atoms with Gasteiger partial charge in [0.15, 0.2) is 6.10 Å². The smallest absolute Gasteiger partial charge is 0.306 e. The number of carbonyl (C=O) groups is 2. The highest BCUT2D eigenvalue weighted by Gasteiger charge is 2.22. The van der Waals surface area contributed by atoms with Crippen molar-refractivity contribution in [2.24, 2.45) is 0 Å². The van der Waals surface area contributed by atoms with Crippen molar-refractivity contribution in [1.29, 1.82) is 0 Å². The number of unbranched alkanes of at least 4 members (excludes halogenated alkanes) is 41. The van der Waals surface area contributed by atoms with E-state index in [1.165, 1.54) is 231 Å². The number of carbonyl (C=O) groups excluding carboxylic acids is 2. The van der Waals surface area contributed by atoms with E-state index in [4.69, 9.17) is 18.5 Å². The highest BCUT2D eigenvalue weighted by atomic mass is 31.2. The summed E-state index contributed by atoms with van der Waals surface area (Å²) in [5.41, 5.74) is 0. The molecule has 0 heterocycles. The highest BCUT2D eigenvalue weighted by Crippen LogP contribution is 2.38. The predicted molar refractivity (Wildman–Crippen MR) is 379 cm³/mol. The van der Waals surface area contributed by atoms with Gasteiger partial charge in [0, 0.05) is 12.8 Å². The Kier molecular flexibility index (Phi) is 66.4.